The summed E-state index contributed by atoms with van der Waals surface area (Å²) in [5, 5.41) is 4.03. The zero-order valence-corrected chi connectivity index (χ0v) is 9.23. The second kappa shape index (κ2) is 4.86. The predicted molar refractivity (Wildman–Crippen MR) is 64.6 cm³/mol. The van der Waals surface area contributed by atoms with Gasteiger partial charge in [-0.15, -0.1) is 0 Å². The Kier molecular flexibility index (Phi) is 3.27. The van der Waals surface area contributed by atoms with Crippen molar-refractivity contribution in [3.63, 3.8) is 0 Å². The molecule has 3 nitrogen and oxygen atoms in total. The lowest BCUT2D eigenvalue weighted by molar-refractivity contribution is 0.0992. The van der Waals surface area contributed by atoms with Crippen LogP contribution in [0, 0.1) is 0 Å². The van der Waals surface area contributed by atoms with Crippen LogP contribution in [0.15, 0.2) is 36.5 Å². The number of aromatic nitrogens is 1. The summed E-state index contributed by atoms with van der Waals surface area (Å²) in [6.45, 7) is 3.18. The molecule has 0 aliphatic carbocycles. The molecule has 82 valence electrons. The predicted octanol–water partition coefficient (Wildman–Crippen LogP) is 2.03. The summed E-state index contributed by atoms with van der Waals surface area (Å²) < 4.78 is 0. The SMILES string of the molecule is CCNCC(=O)c1ccc2ncccc2c1. The Morgan fingerprint density at radius 3 is 3.06 bits per heavy atom. The van der Waals surface area contributed by atoms with Gasteiger partial charge < -0.3 is 5.32 Å². The number of nitrogens with zero attached hydrogens (tertiary/aromatic N) is 1. The summed E-state index contributed by atoms with van der Waals surface area (Å²) in [6.07, 6.45) is 1.75. The molecule has 2 rings (SSSR count). The van der Waals surface area contributed by atoms with Crippen molar-refractivity contribution in [2.24, 2.45) is 0 Å². The zero-order chi connectivity index (χ0) is 11.4. The van der Waals surface area contributed by atoms with E-state index in [1.165, 1.54) is 0 Å². The molecular formula is C13H14N2O. The summed E-state index contributed by atoms with van der Waals surface area (Å²) in [7, 11) is 0. The Balaban J connectivity index is 2.28. The highest BCUT2D eigenvalue weighted by atomic mass is 16.1. The van der Waals surface area contributed by atoms with Gasteiger partial charge in [-0.3, -0.25) is 9.78 Å². The molecule has 1 aromatic heterocycles. The minimum absolute atomic E-state index is 0.118. The van der Waals surface area contributed by atoms with Crippen molar-refractivity contribution in [3.05, 3.63) is 42.1 Å². The normalized spacial score (nSPS) is 10.6. The van der Waals surface area contributed by atoms with Gasteiger partial charge in [0.05, 0.1) is 12.1 Å². The maximum atomic E-state index is 11.8. The molecule has 0 bridgehead atoms. The number of carbonyl (C=O) groups excluding carboxylic acids is 1. The third kappa shape index (κ3) is 2.25. The van der Waals surface area contributed by atoms with Gasteiger partial charge in [-0.05, 0) is 30.8 Å². The molecule has 1 aromatic carbocycles. The van der Waals surface area contributed by atoms with Gasteiger partial charge in [-0.2, -0.15) is 0 Å². The number of nitrogens with one attached hydrogen (secondary N) is 1. The van der Waals surface area contributed by atoms with Crippen LogP contribution in [0.25, 0.3) is 10.9 Å². The quantitative estimate of drug-likeness (QED) is 0.792. The van der Waals surface area contributed by atoms with E-state index in [2.05, 4.69) is 10.3 Å². The first-order valence-electron chi connectivity index (χ1n) is 5.40. The van der Waals surface area contributed by atoms with Crippen LogP contribution in [0.1, 0.15) is 17.3 Å². The van der Waals surface area contributed by atoms with E-state index in [0.717, 1.165) is 23.0 Å². The van der Waals surface area contributed by atoms with E-state index in [1.54, 1.807) is 6.20 Å². The highest BCUT2D eigenvalue weighted by Crippen LogP contribution is 2.13. The number of ketones is 1. The number of rotatable bonds is 4. The zero-order valence-electron chi connectivity index (χ0n) is 9.23. The van der Waals surface area contributed by atoms with E-state index < -0.39 is 0 Å². The fraction of sp³-hybridized carbons (Fsp3) is 0.231. The van der Waals surface area contributed by atoms with Gasteiger partial charge >= 0.3 is 0 Å². The van der Waals surface area contributed by atoms with Gasteiger partial charge in [-0.25, -0.2) is 0 Å². The van der Waals surface area contributed by atoms with Crippen LogP contribution in [-0.4, -0.2) is 23.9 Å². The molecule has 0 radical (unpaired) electrons. The lowest BCUT2D eigenvalue weighted by Gasteiger charge is -2.03. The maximum Gasteiger partial charge on any atom is 0.176 e. The van der Waals surface area contributed by atoms with Gasteiger partial charge in [0.1, 0.15) is 0 Å². The number of pyridine rings is 1. The van der Waals surface area contributed by atoms with Crippen LogP contribution in [0.3, 0.4) is 0 Å². The average molecular weight is 214 g/mol. The van der Waals surface area contributed by atoms with Crippen LogP contribution in [0.5, 0.6) is 0 Å². The second-order valence-corrected chi connectivity index (χ2v) is 3.61. The van der Waals surface area contributed by atoms with Crippen molar-refractivity contribution in [2.45, 2.75) is 6.92 Å². The van der Waals surface area contributed by atoms with Gasteiger partial charge in [0.2, 0.25) is 0 Å². The number of carbonyl (C=O) groups is 1. The fourth-order valence-electron chi connectivity index (χ4n) is 1.59. The molecule has 3 heteroatoms. The van der Waals surface area contributed by atoms with Crippen LogP contribution in [0.4, 0.5) is 0 Å². The number of benzene rings is 1. The van der Waals surface area contributed by atoms with E-state index in [-0.39, 0.29) is 5.78 Å². The lowest BCUT2D eigenvalue weighted by Crippen LogP contribution is -2.22. The number of fused-ring (bicyclic) bond motifs is 1. The van der Waals surface area contributed by atoms with Crippen molar-refractivity contribution in [1.82, 2.24) is 10.3 Å². The minimum Gasteiger partial charge on any atom is -0.310 e. The number of Topliss-reactive ketones (excluding diaryl/α,β-unsaturated/α-hetero) is 1. The van der Waals surface area contributed by atoms with E-state index >= 15 is 0 Å². The molecule has 0 amide bonds. The highest BCUT2D eigenvalue weighted by Gasteiger charge is 2.05. The van der Waals surface area contributed by atoms with Gasteiger partial charge in [-0.1, -0.05) is 13.0 Å². The molecule has 0 unspecified atom stereocenters. The van der Waals surface area contributed by atoms with Gasteiger partial charge in [0.25, 0.3) is 0 Å². The van der Waals surface area contributed by atoms with E-state index in [1.807, 2.05) is 37.3 Å². The molecular weight excluding hydrogens is 200 g/mol. The smallest absolute Gasteiger partial charge is 0.176 e. The van der Waals surface area contributed by atoms with Crippen molar-refractivity contribution < 1.29 is 4.79 Å². The maximum absolute atomic E-state index is 11.8. The monoisotopic (exact) mass is 214 g/mol. The second-order valence-electron chi connectivity index (χ2n) is 3.61. The summed E-state index contributed by atoms with van der Waals surface area (Å²) in [5.74, 6) is 0.118. The number of likely N-dealkylation sites (N-methyl/N-ethyl adjacent to an activating group) is 1. The summed E-state index contributed by atoms with van der Waals surface area (Å²) in [5.41, 5.74) is 1.66. The molecule has 1 heterocycles. The number of hydrogen-bond donors (Lipinski definition) is 1. The molecule has 0 spiro atoms. The molecule has 0 saturated heterocycles. The number of hydrogen-bond acceptors (Lipinski definition) is 3. The Bertz CT molecular complexity index is 508. The van der Waals surface area contributed by atoms with Crippen molar-refractivity contribution in [1.29, 1.82) is 0 Å². The van der Waals surface area contributed by atoms with Gasteiger partial charge in [0, 0.05) is 17.1 Å². The molecule has 0 saturated carbocycles. The van der Waals surface area contributed by atoms with Crippen LogP contribution in [-0.2, 0) is 0 Å². The Hall–Kier alpha value is -1.74. The summed E-state index contributed by atoms with van der Waals surface area (Å²) in [6, 6.07) is 9.44. The van der Waals surface area contributed by atoms with Crippen LogP contribution >= 0.6 is 0 Å². The minimum atomic E-state index is 0.118. The van der Waals surface area contributed by atoms with Crippen LogP contribution < -0.4 is 5.32 Å². The first-order valence-corrected chi connectivity index (χ1v) is 5.40. The Labute approximate surface area is 94.5 Å². The van der Waals surface area contributed by atoms with E-state index in [9.17, 15) is 4.79 Å². The van der Waals surface area contributed by atoms with Crippen molar-refractivity contribution in [2.75, 3.05) is 13.1 Å². The molecule has 0 fully saturated rings. The molecule has 0 aliphatic heterocycles. The Morgan fingerprint density at radius 1 is 1.38 bits per heavy atom. The third-order valence-corrected chi connectivity index (χ3v) is 2.46. The molecule has 0 aliphatic rings. The Morgan fingerprint density at radius 2 is 2.25 bits per heavy atom. The largest absolute Gasteiger partial charge is 0.310 e. The molecule has 2 aromatic rings. The third-order valence-electron chi connectivity index (χ3n) is 2.46. The molecule has 1 N–H and O–H groups in total. The first kappa shape index (κ1) is 10.8. The lowest BCUT2D eigenvalue weighted by atomic mass is 10.1. The van der Waals surface area contributed by atoms with Crippen molar-refractivity contribution >= 4 is 16.7 Å². The topological polar surface area (TPSA) is 42.0 Å². The first-order chi connectivity index (χ1) is 7.81. The fourth-order valence-corrected chi connectivity index (χ4v) is 1.59. The molecule has 0 atom stereocenters. The highest BCUT2D eigenvalue weighted by molar-refractivity contribution is 6.00. The standard InChI is InChI=1S/C13H14N2O/c1-2-14-9-13(16)11-5-6-12-10(8-11)4-3-7-15-12/h3-8,14H,2,9H2,1H3. The van der Waals surface area contributed by atoms with E-state index in [4.69, 9.17) is 0 Å². The van der Waals surface area contributed by atoms with Crippen molar-refractivity contribution in [3.8, 4) is 0 Å². The summed E-state index contributed by atoms with van der Waals surface area (Å²) in [4.78, 5) is 16.0. The summed E-state index contributed by atoms with van der Waals surface area (Å²) >= 11 is 0. The van der Waals surface area contributed by atoms with E-state index in [0.29, 0.717) is 6.54 Å². The average Bonchev–Trinajstić information content (AvgIpc) is 2.35. The van der Waals surface area contributed by atoms with Crippen LogP contribution in [0.2, 0.25) is 0 Å². The van der Waals surface area contributed by atoms with Gasteiger partial charge in [0.15, 0.2) is 5.78 Å². The molecule has 16 heavy (non-hydrogen) atoms.